The van der Waals surface area contributed by atoms with Crippen LogP contribution in [-0.2, 0) is 16.1 Å². The number of carbonyl (C=O) groups excluding carboxylic acids is 2. The van der Waals surface area contributed by atoms with Crippen LogP contribution in [0, 0.1) is 5.92 Å². The maximum Gasteiger partial charge on any atom is 0.408 e. The highest BCUT2D eigenvalue weighted by molar-refractivity contribution is 5.73. The summed E-state index contributed by atoms with van der Waals surface area (Å²) in [6, 6.07) is 3.03. The number of hydrogen-bond donors (Lipinski definition) is 1. The molecule has 0 radical (unpaired) electrons. The van der Waals surface area contributed by atoms with Crippen molar-refractivity contribution >= 4 is 12.4 Å². The Balaban J connectivity index is 2.34. The van der Waals surface area contributed by atoms with E-state index in [0.29, 0.717) is 12.3 Å². The van der Waals surface area contributed by atoms with Gasteiger partial charge in [-0.05, 0) is 30.0 Å². The molecule has 1 N–H and O–H groups in total. The van der Waals surface area contributed by atoms with Crippen molar-refractivity contribution in [2.45, 2.75) is 32.9 Å². The normalized spacial score (nSPS) is 11.9. The number of nitrogens with zero attached hydrogens (tertiary/aromatic N) is 1. The van der Waals surface area contributed by atoms with Gasteiger partial charge in [0.15, 0.2) is 0 Å². The lowest BCUT2D eigenvalue weighted by molar-refractivity contribution is -0.109. The lowest BCUT2D eigenvalue weighted by Crippen LogP contribution is -2.37. The zero-order valence-corrected chi connectivity index (χ0v) is 10.6. The minimum atomic E-state index is -0.579. The van der Waals surface area contributed by atoms with Gasteiger partial charge in [0.25, 0.3) is 0 Å². The van der Waals surface area contributed by atoms with E-state index in [-0.39, 0.29) is 6.61 Å². The third-order valence-corrected chi connectivity index (χ3v) is 2.31. The van der Waals surface area contributed by atoms with Gasteiger partial charge in [-0.25, -0.2) is 4.79 Å². The Labute approximate surface area is 107 Å². The van der Waals surface area contributed by atoms with Crippen molar-refractivity contribution in [3.8, 4) is 0 Å². The summed E-state index contributed by atoms with van der Waals surface area (Å²) in [6.07, 6.45) is 4.01. The number of aromatic nitrogens is 1. The highest BCUT2D eigenvalue weighted by atomic mass is 16.5. The first-order valence-corrected chi connectivity index (χ1v) is 5.89. The molecule has 0 aromatic carbocycles. The van der Waals surface area contributed by atoms with Gasteiger partial charge in [-0.2, -0.15) is 0 Å². The Kier molecular flexibility index (Phi) is 5.84. The summed E-state index contributed by atoms with van der Waals surface area (Å²) in [7, 11) is 0. The van der Waals surface area contributed by atoms with Gasteiger partial charge >= 0.3 is 6.09 Å². The third-order valence-electron chi connectivity index (χ3n) is 2.31. The standard InChI is InChI=1S/C13H18N2O3/c1-10(2)7-12(8-16)15-13(17)18-9-11-3-5-14-6-4-11/h3-6,8,10,12H,7,9H2,1-2H3,(H,15,17)/t12-/m0/s1. The molecule has 0 aliphatic heterocycles. The van der Waals surface area contributed by atoms with E-state index >= 15 is 0 Å². The molecule has 5 heteroatoms. The lowest BCUT2D eigenvalue weighted by atomic mass is 10.1. The van der Waals surface area contributed by atoms with Crippen LogP contribution in [0.2, 0.25) is 0 Å². The fourth-order valence-corrected chi connectivity index (χ4v) is 1.48. The highest BCUT2D eigenvalue weighted by Gasteiger charge is 2.13. The molecule has 0 bridgehead atoms. The molecule has 0 spiro atoms. The maximum atomic E-state index is 11.5. The number of hydrogen-bond acceptors (Lipinski definition) is 4. The molecule has 0 unspecified atom stereocenters. The molecular formula is C13H18N2O3. The Bertz CT molecular complexity index is 379. The number of amides is 1. The largest absolute Gasteiger partial charge is 0.445 e. The zero-order valence-electron chi connectivity index (χ0n) is 10.6. The highest BCUT2D eigenvalue weighted by Crippen LogP contribution is 2.04. The predicted molar refractivity (Wildman–Crippen MR) is 66.9 cm³/mol. The summed E-state index contributed by atoms with van der Waals surface area (Å²) in [5.41, 5.74) is 0.853. The van der Waals surface area contributed by atoms with Gasteiger partial charge in [0.2, 0.25) is 0 Å². The van der Waals surface area contributed by atoms with E-state index < -0.39 is 12.1 Å². The van der Waals surface area contributed by atoms with Gasteiger partial charge in [0, 0.05) is 12.4 Å². The molecule has 1 aromatic rings. The number of nitrogens with one attached hydrogen (secondary N) is 1. The van der Waals surface area contributed by atoms with Crippen molar-refractivity contribution < 1.29 is 14.3 Å². The fourth-order valence-electron chi connectivity index (χ4n) is 1.48. The number of aldehydes is 1. The molecule has 98 valence electrons. The van der Waals surface area contributed by atoms with E-state index in [0.717, 1.165) is 11.8 Å². The van der Waals surface area contributed by atoms with Crippen molar-refractivity contribution in [1.82, 2.24) is 10.3 Å². The van der Waals surface area contributed by atoms with Crippen LogP contribution in [0.25, 0.3) is 0 Å². The second-order valence-corrected chi connectivity index (χ2v) is 4.45. The third kappa shape index (κ3) is 5.43. The molecule has 0 aliphatic rings. The van der Waals surface area contributed by atoms with Gasteiger partial charge in [-0.3, -0.25) is 4.98 Å². The van der Waals surface area contributed by atoms with E-state index in [4.69, 9.17) is 4.74 Å². The van der Waals surface area contributed by atoms with E-state index in [9.17, 15) is 9.59 Å². The Morgan fingerprint density at radius 2 is 2.11 bits per heavy atom. The number of rotatable bonds is 6. The number of ether oxygens (including phenoxy) is 1. The topological polar surface area (TPSA) is 68.3 Å². The fraction of sp³-hybridized carbons (Fsp3) is 0.462. The summed E-state index contributed by atoms with van der Waals surface area (Å²) >= 11 is 0. The Hall–Kier alpha value is -1.91. The van der Waals surface area contributed by atoms with Crippen LogP contribution in [0.3, 0.4) is 0 Å². The lowest BCUT2D eigenvalue weighted by Gasteiger charge is -2.14. The van der Waals surface area contributed by atoms with Gasteiger partial charge in [0.05, 0.1) is 6.04 Å². The van der Waals surface area contributed by atoms with Crippen molar-refractivity contribution in [1.29, 1.82) is 0 Å². The molecule has 0 saturated heterocycles. The van der Waals surface area contributed by atoms with Gasteiger partial charge < -0.3 is 14.8 Å². The van der Waals surface area contributed by atoms with Crippen molar-refractivity contribution in [3.63, 3.8) is 0 Å². The van der Waals surface area contributed by atoms with E-state index in [1.165, 1.54) is 0 Å². The number of pyridine rings is 1. The maximum absolute atomic E-state index is 11.5. The van der Waals surface area contributed by atoms with Crippen molar-refractivity contribution in [2.75, 3.05) is 0 Å². The molecule has 1 rings (SSSR count). The van der Waals surface area contributed by atoms with Gasteiger partial charge in [-0.1, -0.05) is 13.8 Å². The van der Waals surface area contributed by atoms with Crippen LogP contribution in [0.15, 0.2) is 24.5 Å². The minimum Gasteiger partial charge on any atom is -0.445 e. The van der Waals surface area contributed by atoms with Crippen LogP contribution in [0.5, 0.6) is 0 Å². The second-order valence-electron chi connectivity index (χ2n) is 4.45. The summed E-state index contributed by atoms with van der Waals surface area (Å²) in [6.45, 7) is 4.14. The smallest absolute Gasteiger partial charge is 0.408 e. The van der Waals surface area contributed by atoms with Crippen LogP contribution >= 0.6 is 0 Å². The summed E-state index contributed by atoms with van der Waals surface area (Å²) in [5.74, 6) is 0.334. The molecule has 1 amide bonds. The number of carbonyl (C=O) groups is 2. The second kappa shape index (κ2) is 7.42. The van der Waals surface area contributed by atoms with Crippen LogP contribution in [-0.4, -0.2) is 23.4 Å². The van der Waals surface area contributed by atoms with Crippen molar-refractivity contribution in [3.05, 3.63) is 30.1 Å². The molecule has 1 atom stereocenters. The molecular weight excluding hydrogens is 232 g/mol. The Morgan fingerprint density at radius 3 is 2.67 bits per heavy atom. The first kappa shape index (κ1) is 14.2. The molecule has 1 aromatic heterocycles. The van der Waals surface area contributed by atoms with Crippen LogP contribution in [0.1, 0.15) is 25.8 Å². The monoisotopic (exact) mass is 250 g/mol. The van der Waals surface area contributed by atoms with E-state index in [2.05, 4.69) is 10.3 Å². The van der Waals surface area contributed by atoms with Crippen molar-refractivity contribution in [2.24, 2.45) is 5.92 Å². The molecule has 0 aliphatic carbocycles. The van der Waals surface area contributed by atoms with Gasteiger partial charge in [-0.15, -0.1) is 0 Å². The van der Waals surface area contributed by atoms with Crippen LogP contribution in [0.4, 0.5) is 4.79 Å². The molecule has 0 saturated carbocycles. The SMILES string of the molecule is CC(C)C[C@@H](C=O)NC(=O)OCc1ccncc1. The zero-order chi connectivity index (χ0) is 13.4. The molecule has 5 nitrogen and oxygen atoms in total. The number of alkyl carbamates (subject to hydrolysis) is 1. The summed E-state index contributed by atoms with van der Waals surface area (Å²) < 4.78 is 5.01. The quantitative estimate of drug-likeness (QED) is 0.783. The van der Waals surface area contributed by atoms with E-state index in [1.54, 1.807) is 24.5 Å². The first-order valence-electron chi connectivity index (χ1n) is 5.89. The van der Waals surface area contributed by atoms with Gasteiger partial charge in [0.1, 0.15) is 12.9 Å². The predicted octanol–water partition coefficient (Wildman–Crippen LogP) is 1.92. The minimum absolute atomic E-state index is 0.168. The van der Waals surface area contributed by atoms with Crippen LogP contribution < -0.4 is 5.32 Å². The molecule has 1 heterocycles. The summed E-state index contributed by atoms with van der Waals surface area (Å²) in [4.78, 5) is 26.1. The summed E-state index contributed by atoms with van der Waals surface area (Å²) in [5, 5.41) is 2.52. The van der Waals surface area contributed by atoms with E-state index in [1.807, 2.05) is 13.8 Å². The first-order chi connectivity index (χ1) is 8.61. The average Bonchev–Trinajstić information content (AvgIpc) is 2.36. The average molecular weight is 250 g/mol. The molecule has 18 heavy (non-hydrogen) atoms. The molecule has 0 fully saturated rings. The Morgan fingerprint density at radius 1 is 1.44 bits per heavy atom.